The number of nitrogen functional groups attached to an aromatic ring is 1. The molecule has 1 fully saturated rings. The topological polar surface area (TPSA) is 120 Å². The lowest BCUT2D eigenvalue weighted by molar-refractivity contribution is 0.0928. The number of carbonyl (C=O) groups excluding carboxylic acids is 1. The predicted octanol–water partition coefficient (Wildman–Crippen LogP) is 1.09. The van der Waals surface area contributed by atoms with Gasteiger partial charge in [-0.1, -0.05) is 12.1 Å². The van der Waals surface area contributed by atoms with Crippen LogP contribution >= 0.6 is 0 Å². The fourth-order valence-electron chi connectivity index (χ4n) is 2.47. The molecule has 7 nitrogen and oxygen atoms in total. The van der Waals surface area contributed by atoms with Crippen molar-refractivity contribution in [3.63, 3.8) is 0 Å². The number of benzene rings is 1. The summed E-state index contributed by atoms with van der Waals surface area (Å²) in [5.41, 5.74) is 6.47. The van der Waals surface area contributed by atoms with Crippen molar-refractivity contribution < 1.29 is 14.7 Å². The van der Waals surface area contributed by atoms with Gasteiger partial charge in [-0.25, -0.2) is 4.79 Å². The van der Waals surface area contributed by atoms with Crippen molar-refractivity contribution in [2.45, 2.75) is 12.8 Å². The van der Waals surface area contributed by atoms with Crippen LogP contribution in [0.5, 0.6) is 0 Å². The van der Waals surface area contributed by atoms with Gasteiger partial charge >= 0.3 is 6.09 Å². The highest BCUT2D eigenvalue weighted by atomic mass is 16.4. The Balaban J connectivity index is 1.81. The lowest BCUT2D eigenvalue weighted by Gasteiger charge is -2.29. The molecule has 1 heterocycles. The molecule has 0 saturated carbocycles. The maximum Gasteiger partial charge on any atom is 0.407 e. The molecule has 2 amide bonds. The van der Waals surface area contributed by atoms with Crippen molar-refractivity contribution in [1.29, 1.82) is 5.41 Å². The van der Waals surface area contributed by atoms with Gasteiger partial charge in [0.05, 0.1) is 0 Å². The lowest BCUT2D eigenvalue weighted by Crippen LogP contribution is -2.40. The molecule has 0 bridgehead atoms. The van der Waals surface area contributed by atoms with E-state index in [1.165, 1.54) is 4.90 Å². The first-order chi connectivity index (χ1) is 10.5. The van der Waals surface area contributed by atoms with E-state index in [0.717, 1.165) is 12.8 Å². The van der Waals surface area contributed by atoms with Crippen LogP contribution in [0.4, 0.5) is 4.79 Å². The second-order valence-electron chi connectivity index (χ2n) is 5.41. The number of likely N-dealkylation sites (tertiary alicyclic amines) is 1. The molecule has 1 aliphatic rings. The van der Waals surface area contributed by atoms with E-state index in [9.17, 15) is 9.59 Å². The van der Waals surface area contributed by atoms with E-state index in [2.05, 4.69) is 5.32 Å². The Hall–Kier alpha value is -2.57. The van der Waals surface area contributed by atoms with E-state index in [0.29, 0.717) is 36.7 Å². The Kier molecular flexibility index (Phi) is 4.98. The van der Waals surface area contributed by atoms with Gasteiger partial charge in [0.2, 0.25) is 0 Å². The molecule has 0 spiro atoms. The van der Waals surface area contributed by atoms with E-state index in [-0.39, 0.29) is 11.7 Å². The average molecular weight is 304 g/mol. The van der Waals surface area contributed by atoms with Gasteiger partial charge < -0.3 is 21.1 Å². The molecule has 2 rings (SSSR count). The van der Waals surface area contributed by atoms with Crippen LogP contribution in [0.25, 0.3) is 0 Å². The average Bonchev–Trinajstić information content (AvgIpc) is 2.53. The molecule has 0 aromatic heterocycles. The molecule has 0 aliphatic carbocycles. The SMILES string of the molecule is N=C(N)c1ccc(C(=O)NCC2CCN(C(=O)O)CC2)cc1. The van der Waals surface area contributed by atoms with Crippen LogP contribution in [0, 0.1) is 11.3 Å². The summed E-state index contributed by atoms with van der Waals surface area (Å²) >= 11 is 0. The first kappa shape index (κ1) is 15.8. The summed E-state index contributed by atoms with van der Waals surface area (Å²) in [6, 6.07) is 6.56. The van der Waals surface area contributed by atoms with Crippen molar-refractivity contribution in [3.05, 3.63) is 35.4 Å². The number of carbonyl (C=O) groups is 2. The van der Waals surface area contributed by atoms with Gasteiger partial charge in [0.15, 0.2) is 0 Å². The number of rotatable bonds is 4. The Labute approximate surface area is 128 Å². The number of carboxylic acid groups (broad SMARTS) is 1. The minimum Gasteiger partial charge on any atom is -0.465 e. The molecule has 1 aliphatic heterocycles. The normalized spacial score (nSPS) is 15.4. The third kappa shape index (κ3) is 3.97. The van der Waals surface area contributed by atoms with Crippen molar-refractivity contribution in [1.82, 2.24) is 10.2 Å². The van der Waals surface area contributed by atoms with Crippen LogP contribution in [0.1, 0.15) is 28.8 Å². The van der Waals surface area contributed by atoms with E-state index in [1.807, 2.05) is 0 Å². The number of amidine groups is 1. The maximum absolute atomic E-state index is 12.0. The standard InChI is InChI=1S/C15H20N4O3/c16-13(17)11-1-3-12(4-2-11)14(20)18-9-10-5-7-19(8-6-10)15(21)22/h1-4,10H,5-9H2,(H3,16,17)(H,18,20)(H,21,22). The third-order valence-electron chi connectivity index (χ3n) is 3.89. The number of nitrogens with zero attached hydrogens (tertiary/aromatic N) is 1. The zero-order chi connectivity index (χ0) is 16.1. The van der Waals surface area contributed by atoms with E-state index in [1.54, 1.807) is 24.3 Å². The van der Waals surface area contributed by atoms with Crippen molar-refractivity contribution in [2.75, 3.05) is 19.6 Å². The first-order valence-corrected chi connectivity index (χ1v) is 7.18. The summed E-state index contributed by atoms with van der Waals surface area (Å²) in [6.45, 7) is 1.58. The number of hydrogen-bond donors (Lipinski definition) is 4. The summed E-state index contributed by atoms with van der Waals surface area (Å²) in [6.07, 6.45) is 0.638. The monoisotopic (exact) mass is 304 g/mol. The molecule has 1 aromatic rings. The molecule has 1 saturated heterocycles. The van der Waals surface area contributed by atoms with Crippen LogP contribution in [-0.4, -0.2) is 47.5 Å². The number of nitrogens with one attached hydrogen (secondary N) is 2. The molecule has 118 valence electrons. The second kappa shape index (κ2) is 6.93. The van der Waals surface area contributed by atoms with Gasteiger partial charge in [-0.15, -0.1) is 0 Å². The zero-order valence-electron chi connectivity index (χ0n) is 12.2. The fraction of sp³-hybridized carbons (Fsp3) is 0.400. The van der Waals surface area contributed by atoms with Crippen molar-refractivity contribution in [3.8, 4) is 0 Å². The molecular weight excluding hydrogens is 284 g/mol. The third-order valence-corrected chi connectivity index (χ3v) is 3.89. The molecular formula is C15H20N4O3. The highest BCUT2D eigenvalue weighted by molar-refractivity contribution is 5.98. The molecule has 0 radical (unpaired) electrons. The van der Waals surface area contributed by atoms with Gasteiger partial charge in [-0.2, -0.15) is 0 Å². The molecule has 0 unspecified atom stereocenters. The molecule has 22 heavy (non-hydrogen) atoms. The lowest BCUT2D eigenvalue weighted by atomic mass is 9.97. The van der Waals surface area contributed by atoms with Crippen LogP contribution in [-0.2, 0) is 0 Å². The highest BCUT2D eigenvalue weighted by Crippen LogP contribution is 2.16. The Morgan fingerprint density at radius 3 is 2.27 bits per heavy atom. The van der Waals surface area contributed by atoms with Gasteiger partial charge in [-0.05, 0) is 30.9 Å². The highest BCUT2D eigenvalue weighted by Gasteiger charge is 2.22. The van der Waals surface area contributed by atoms with Crippen LogP contribution in [0.3, 0.4) is 0 Å². The van der Waals surface area contributed by atoms with Crippen molar-refractivity contribution in [2.24, 2.45) is 11.7 Å². The smallest absolute Gasteiger partial charge is 0.407 e. The second-order valence-corrected chi connectivity index (χ2v) is 5.41. The Morgan fingerprint density at radius 1 is 1.23 bits per heavy atom. The van der Waals surface area contributed by atoms with Gasteiger partial charge in [0.1, 0.15) is 5.84 Å². The first-order valence-electron chi connectivity index (χ1n) is 7.18. The van der Waals surface area contributed by atoms with E-state index in [4.69, 9.17) is 16.2 Å². The minimum absolute atomic E-state index is 0.0304. The Bertz CT molecular complexity index is 563. The molecule has 7 heteroatoms. The molecule has 5 N–H and O–H groups in total. The number of hydrogen-bond acceptors (Lipinski definition) is 3. The zero-order valence-corrected chi connectivity index (χ0v) is 12.2. The van der Waals surface area contributed by atoms with Crippen LogP contribution < -0.4 is 11.1 Å². The van der Waals surface area contributed by atoms with Gasteiger partial charge in [-0.3, -0.25) is 10.2 Å². The predicted molar refractivity (Wildman–Crippen MR) is 82.1 cm³/mol. The quantitative estimate of drug-likeness (QED) is 0.491. The number of piperidine rings is 1. The largest absolute Gasteiger partial charge is 0.465 e. The summed E-state index contributed by atoms with van der Waals surface area (Å²) in [7, 11) is 0. The fourth-order valence-corrected chi connectivity index (χ4v) is 2.47. The molecule has 0 atom stereocenters. The van der Waals surface area contributed by atoms with Gasteiger partial charge in [0.25, 0.3) is 5.91 Å². The number of nitrogens with two attached hydrogens (primary N) is 1. The van der Waals surface area contributed by atoms with Crippen LogP contribution in [0.2, 0.25) is 0 Å². The summed E-state index contributed by atoms with van der Waals surface area (Å²) in [5, 5.41) is 19.1. The van der Waals surface area contributed by atoms with Crippen molar-refractivity contribution >= 4 is 17.8 Å². The van der Waals surface area contributed by atoms with Crippen LogP contribution in [0.15, 0.2) is 24.3 Å². The van der Waals surface area contributed by atoms with E-state index >= 15 is 0 Å². The summed E-state index contributed by atoms with van der Waals surface area (Å²) < 4.78 is 0. The molecule has 1 aromatic carbocycles. The van der Waals surface area contributed by atoms with Gasteiger partial charge in [0, 0.05) is 30.8 Å². The Morgan fingerprint density at radius 2 is 1.77 bits per heavy atom. The summed E-state index contributed by atoms with van der Waals surface area (Å²) in [4.78, 5) is 24.3. The minimum atomic E-state index is -0.881. The maximum atomic E-state index is 12.0. The summed E-state index contributed by atoms with van der Waals surface area (Å²) in [5.74, 6) is 0.101. The van der Waals surface area contributed by atoms with E-state index < -0.39 is 6.09 Å². The number of amides is 2.